The molecule has 4 aromatic rings. The van der Waals surface area contributed by atoms with Gasteiger partial charge in [-0.3, -0.25) is 14.8 Å². The van der Waals surface area contributed by atoms with Crippen LogP contribution in [0.5, 0.6) is 0 Å². The Labute approximate surface area is 193 Å². The minimum atomic E-state index is -0.0172. The van der Waals surface area contributed by atoms with Crippen LogP contribution in [-0.2, 0) is 0 Å². The molecule has 6 nitrogen and oxygen atoms in total. The third-order valence-corrected chi connectivity index (χ3v) is 6.57. The number of pyridine rings is 2. The molecule has 1 aliphatic rings. The zero-order valence-electron chi connectivity index (χ0n) is 19.4. The van der Waals surface area contributed by atoms with Gasteiger partial charge in [-0.1, -0.05) is 18.2 Å². The van der Waals surface area contributed by atoms with E-state index in [-0.39, 0.29) is 11.9 Å². The first kappa shape index (κ1) is 21.3. The highest BCUT2D eigenvalue weighted by Gasteiger charge is 2.22. The lowest BCUT2D eigenvalue weighted by molar-refractivity contribution is 0.0709. The number of amides is 1. The van der Waals surface area contributed by atoms with Gasteiger partial charge < -0.3 is 15.6 Å². The first-order valence-electron chi connectivity index (χ1n) is 11.5. The minimum Gasteiger partial charge on any atom is -0.354 e. The van der Waals surface area contributed by atoms with Crippen molar-refractivity contribution in [1.29, 1.82) is 0 Å². The number of aryl methyl sites for hydroxylation is 3. The number of nitrogens with zero attached hydrogens (tertiary/aromatic N) is 3. The molecule has 0 atom stereocenters. The Morgan fingerprint density at radius 2 is 1.67 bits per heavy atom. The van der Waals surface area contributed by atoms with E-state index in [0.717, 1.165) is 52.1 Å². The number of likely N-dealkylation sites (tertiary alicyclic amines) is 1. The number of H-pyrrole nitrogens is 1. The number of benzene rings is 1. The van der Waals surface area contributed by atoms with Crippen LogP contribution in [0.2, 0.25) is 0 Å². The first-order valence-corrected chi connectivity index (χ1v) is 11.5. The van der Waals surface area contributed by atoms with Crippen molar-refractivity contribution in [2.75, 3.05) is 13.1 Å². The molecule has 0 bridgehead atoms. The highest BCUT2D eigenvalue weighted by Crippen LogP contribution is 2.32. The maximum Gasteiger partial charge on any atom is 0.272 e. The second-order valence-corrected chi connectivity index (χ2v) is 9.09. The molecule has 1 fully saturated rings. The number of nitrogens with one attached hydrogen (secondary N) is 1. The minimum absolute atomic E-state index is 0.0172. The summed E-state index contributed by atoms with van der Waals surface area (Å²) >= 11 is 0. The second kappa shape index (κ2) is 8.45. The third kappa shape index (κ3) is 4.14. The Hall–Kier alpha value is -3.51. The van der Waals surface area contributed by atoms with E-state index >= 15 is 0 Å². The lowest BCUT2D eigenvalue weighted by Crippen LogP contribution is -2.43. The van der Waals surface area contributed by atoms with Gasteiger partial charge in [0, 0.05) is 64.4 Å². The van der Waals surface area contributed by atoms with Gasteiger partial charge in [-0.15, -0.1) is 0 Å². The lowest BCUT2D eigenvalue weighted by atomic mass is 10.0. The molecule has 1 amide bonds. The van der Waals surface area contributed by atoms with Crippen molar-refractivity contribution in [3.8, 4) is 22.4 Å². The predicted octanol–water partition coefficient (Wildman–Crippen LogP) is 4.78. The summed E-state index contributed by atoms with van der Waals surface area (Å²) in [5.74, 6) is -0.0172. The van der Waals surface area contributed by atoms with Crippen LogP contribution in [-0.4, -0.2) is 44.9 Å². The third-order valence-electron chi connectivity index (χ3n) is 6.57. The van der Waals surface area contributed by atoms with E-state index in [2.05, 4.69) is 52.2 Å². The molecule has 0 radical (unpaired) electrons. The Balaban J connectivity index is 1.42. The normalized spacial score (nSPS) is 14.7. The maximum absolute atomic E-state index is 12.8. The highest BCUT2D eigenvalue weighted by atomic mass is 16.2. The number of fused-ring (bicyclic) bond motifs is 1. The summed E-state index contributed by atoms with van der Waals surface area (Å²) in [5.41, 5.74) is 15.1. The molecule has 0 unspecified atom stereocenters. The van der Waals surface area contributed by atoms with Gasteiger partial charge in [0.15, 0.2) is 0 Å². The van der Waals surface area contributed by atoms with Crippen LogP contribution < -0.4 is 5.73 Å². The SMILES string of the molecule is Cc1cc(-c2[nH]c3cc(-c4ccc(C(=O)N5CCC(N)CC5)nc4)ccc3c2C)cc(C)n1. The standard InChI is InChI=1S/C27H29N5O/c1-16-12-21(13-17(2)30-16)26-18(3)23-6-4-19(14-25(23)31-26)20-5-7-24(29-15-20)27(33)32-10-8-22(28)9-11-32/h4-7,12-15,22,31H,8-11,28H2,1-3H3. The summed E-state index contributed by atoms with van der Waals surface area (Å²) in [5, 5.41) is 1.20. The van der Waals surface area contributed by atoms with E-state index in [1.54, 1.807) is 6.20 Å². The molecule has 1 saturated heterocycles. The molecular formula is C27H29N5O. The molecule has 6 heteroatoms. The summed E-state index contributed by atoms with van der Waals surface area (Å²) in [4.78, 5) is 27.2. The number of rotatable bonds is 3. The van der Waals surface area contributed by atoms with E-state index in [9.17, 15) is 4.79 Å². The van der Waals surface area contributed by atoms with Crippen LogP contribution in [0.1, 0.15) is 40.3 Å². The molecule has 1 aliphatic heterocycles. The van der Waals surface area contributed by atoms with Gasteiger partial charge in [-0.25, -0.2) is 0 Å². The number of aromatic amines is 1. The smallest absolute Gasteiger partial charge is 0.272 e. The van der Waals surface area contributed by atoms with Crippen molar-refractivity contribution >= 4 is 16.8 Å². The van der Waals surface area contributed by atoms with Crippen LogP contribution >= 0.6 is 0 Å². The quantitative estimate of drug-likeness (QED) is 0.481. The van der Waals surface area contributed by atoms with Gasteiger partial charge in [0.25, 0.3) is 5.91 Å². The summed E-state index contributed by atoms with van der Waals surface area (Å²) in [6.07, 6.45) is 3.48. The van der Waals surface area contributed by atoms with Crippen LogP contribution in [0.4, 0.5) is 0 Å². The fourth-order valence-corrected chi connectivity index (χ4v) is 4.74. The number of carbonyl (C=O) groups is 1. The average Bonchev–Trinajstić information content (AvgIpc) is 3.14. The number of carbonyl (C=O) groups excluding carboxylic acids is 1. The maximum atomic E-state index is 12.8. The van der Waals surface area contributed by atoms with Gasteiger partial charge in [0.05, 0.1) is 0 Å². The zero-order valence-corrected chi connectivity index (χ0v) is 19.4. The predicted molar refractivity (Wildman–Crippen MR) is 132 cm³/mol. The fourth-order valence-electron chi connectivity index (χ4n) is 4.74. The Morgan fingerprint density at radius 1 is 0.970 bits per heavy atom. The first-order chi connectivity index (χ1) is 15.9. The number of hydrogen-bond acceptors (Lipinski definition) is 4. The van der Waals surface area contributed by atoms with Crippen molar-refractivity contribution in [3.05, 3.63) is 71.3 Å². The van der Waals surface area contributed by atoms with Crippen LogP contribution in [0.15, 0.2) is 48.7 Å². The van der Waals surface area contributed by atoms with E-state index in [1.807, 2.05) is 30.9 Å². The molecule has 5 rings (SSSR count). The number of nitrogens with two attached hydrogens (primary N) is 1. The van der Waals surface area contributed by atoms with Crippen molar-refractivity contribution in [1.82, 2.24) is 19.9 Å². The monoisotopic (exact) mass is 439 g/mol. The summed E-state index contributed by atoms with van der Waals surface area (Å²) in [7, 11) is 0. The molecule has 3 N–H and O–H groups in total. The zero-order chi connectivity index (χ0) is 23.1. The molecule has 33 heavy (non-hydrogen) atoms. The van der Waals surface area contributed by atoms with Gasteiger partial charge in [-0.05, 0) is 69.0 Å². The van der Waals surface area contributed by atoms with Crippen LogP contribution in [0.25, 0.3) is 33.3 Å². The van der Waals surface area contributed by atoms with Gasteiger partial charge in [0.1, 0.15) is 5.69 Å². The fraction of sp³-hybridized carbons (Fsp3) is 0.296. The molecular weight excluding hydrogens is 410 g/mol. The summed E-state index contributed by atoms with van der Waals surface area (Å²) < 4.78 is 0. The van der Waals surface area contributed by atoms with Gasteiger partial charge in [-0.2, -0.15) is 0 Å². The van der Waals surface area contributed by atoms with Crippen LogP contribution in [0.3, 0.4) is 0 Å². The van der Waals surface area contributed by atoms with E-state index in [4.69, 9.17) is 5.73 Å². The number of hydrogen-bond donors (Lipinski definition) is 2. The second-order valence-electron chi connectivity index (χ2n) is 9.09. The number of piperidine rings is 1. The molecule has 4 heterocycles. The number of aromatic nitrogens is 3. The van der Waals surface area contributed by atoms with E-state index in [0.29, 0.717) is 18.8 Å². The van der Waals surface area contributed by atoms with Crippen molar-refractivity contribution in [2.45, 2.75) is 39.7 Å². The molecule has 1 aromatic carbocycles. The van der Waals surface area contributed by atoms with Crippen LogP contribution in [0, 0.1) is 20.8 Å². The molecule has 0 spiro atoms. The van der Waals surface area contributed by atoms with E-state index in [1.165, 1.54) is 10.9 Å². The molecule has 168 valence electrons. The lowest BCUT2D eigenvalue weighted by Gasteiger charge is -2.29. The average molecular weight is 440 g/mol. The Bertz CT molecular complexity index is 1310. The Morgan fingerprint density at radius 3 is 2.33 bits per heavy atom. The van der Waals surface area contributed by atoms with Gasteiger partial charge in [0.2, 0.25) is 0 Å². The Kier molecular flexibility index (Phi) is 5.46. The van der Waals surface area contributed by atoms with Gasteiger partial charge >= 0.3 is 0 Å². The largest absolute Gasteiger partial charge is 0.354 e. The van der Waals surface area contributed by atoms with E-state index < -0.39 is 0 Å². The molecule has 0 aliphatic carbocycles. The summed E-state index contributed by atoms with van der Waals surface area (Å²) in [6, 6.07) is 14.6. The molecule has 0 saturated carbocycles. The topological polar surface area (TPSA) is 87.9 Å². The highest BCUT2D eigenvalue weighted by molar-refractivity contribution is 5.94. The summed E-state index contributed by atoms with van der Waals surface area (Å²) in [6.45, 7) is 7.59. The molecule has 3 aromatic heterocycles. The van der Waals surface area contributed by atoms with Crippen molar-refractivity contribution < 1.29 is 4.79 Å². The van der Waals surface area contributed by atoms with Crippen molar-refractivity contribution in [3.63, 3.8) is 0 Å². The van der Waals surface area contributed by atoms with Crippen molar-refractivity contribution in [2.24, 2.45) is 5.73 Å².